The van der Waals surface area contributed by atoms with E-state index in [2.05, 4.69) is 4.90 Å². The van der Waals surface area contributed by atoms with Gasteiger partial charge in [0, 0.05) is 37.7 Å². The van der Waals surface area contributed by atoms with Crippen LogP contribution in [0.25, 0.3) is 0 Å². The third-order valence-corrected chi connectivity index (χ3v) is 3.50. The fraction of sp³-hybridized carbons (Fsp3) is 0.571. The molecular formula is C14H21FN2O2. The molecule has 1 aliphatic heterocycles. The zero-order valence-electron chi connectivity index (χ0n) is 11.3. The molecule has 1 unspecified atom stereocenters. The Kier molecular flexibility index (Phi) is 5.13. The van der Waals surface area contributed by atoms with Crippen molar-refractivity contribution in [1.29, 1.82) is 0 Å². The number of ether oxygens (including phenoxy) is 2. The molecule has 19 heavy (non-hydrogen) atoms. The molecule has 1 aromatic carbocycles. The molecule has 1 aromatic rings. The first-order valence-electron chi connectivity index (χ1n) is 6.58. The van der Waals surface area contributed by atoms with Crippen LogP contribution in [0.15, 0.2) is 18.2 Å². The number of benzene rings is 1. The molecule has 1 heterocycles. The Morgan fingerprint density at radius 3 is 2.79 bits per heavy atom. The SMILES string of the molecule is COc1ccc(F)cc1C(CN)CN1CCOCC1. The van der Waals surface area contributed by atoms with E-state index in [4.69, 9.17) is 15.2 Å². The van der Waals surface area contributed by atoms with E-state index >= 15 is 0 Å². The van der Waals surface area contributed by atoms with Gasteiger partial charge in [-0.2, -0.15) is 0 Å². The third-order valence-electron chi connectivity index (χ3n) is 3.50. The van der Waals surface area contributed by atoms with E-state index in [0.717, 1.165) is 38.4 Å². The number of morpholine rings is 1. The minimum Gasteiger partial charge on any atom is -0.496 e. The molecule has 0 radical (unpaired) electrons. The van der Waals surface area contributed by atoms with E-state index in [1.54, 1.807) is 13.2 Å². The first-order chi connectivity index (χ1) is 9.24. The standard InChI is InChI=1S/C14H21FN2O2/c1-18-14-3-2-12(15)8-13(14)11(9-16)10-17-4-6-19-7-5-17/h2-3,8,11H,4-7,9-10,16H2,1H3. The normalized spacial score (nSPS) is 18.3. The molecule has 1 aliphatic rings. The molecule has 4 nitrogen and oxygen atoms in total. The van der Waals surface area contributed by atoms with Crippen molar-refractivity contribution in [2.75, 3.05) is 46.5 Å². The van der Waals surface area contributed by atoms with Gasteiger partial charge < -0.3 is 15.2 Å². The summed E-state index contributed by atoms with van der Waals surface area (Å²) in [6.07, 6.45) is 0. The second-order valence-corrected chi connectivity index (χ2v) is 4.73. The van der Waals surface area contributed by atoms with Crippen molar-refractivity contribution >= 4 is 0 Å². The smallest absolute Gasteiger partial charge is 0.123 e. The summed E-state index contributed by atoms with van der Waals surface area (Å²) >= 11 is 0. The third kappa shape index (κ3) is 3.65. The van der Waals surface area contributed by atoms with Crippen molar-refractivity contribution in [3.8, 4) is 5.75 Å². The van der Waals surface area contributed by atoms with E-state index in [-0.39, 0.29) is 11.7 Å². The highest BCUT2D eigenvalue weighted by molar-refractivity contribution is 5.37. The van der Waals surface area contributed by atoms with Crippen molar-refractivity contribution in [2.24, 2.45) is 5.73 Å². The molecular weight excluding hydrogens is 247 g/mol. The average molecular weight is 268 g/mol. The molecule has 2 N–H and O–H groups in total. The van der Waals surface area contributed by atoms with E-state index < -0.39 is 0 Å². The number of rotatable bonds is 5. The van der Waals surface area contributed by atoms with Crippen LogP contribution in [0.2, 0.25) is 0 Å². The van der Waals surface area contributed by atoms with E-state index in [1.165, 1.54) is 12.1 Å². The van der Waals surface area contributed by atoms with Crippen LogP contribution in [0.1, 0.15) is 11.5 Å². The van der Waals surface area contributed by atoms with Crippen LogP contribution < -0.4 is 10.5 Å². The lowest BCUT2D eigenvalue weighted by Crippen LogP contribution is -2.40. The van der Waals surface area contributed by atoms with Crippen molar-refractivity contribution in [2.45, 2.75) is 5.92 Å². The van der Waals surface area contributed by atoms with Crippen LogP contribution in [0.4, 0.5) is 4.39 Å². The van der Waals surface area contributed by atoms with Crippen molar-refractivity contribution in [3.05, 3.63) is 29.6 Å². The Labute approximate surface area is 113 Å². The van der Waals surface area contributed by atoms with Gasteiger partial charge in [0.05, 0.1) is 20.3 Å². The van der Waals surface area contributed by atoms with Crippen LogP contribution in [0.3, 0.4) is 0 Å². The summed E-state index contributed by atoms with van der Waals surface area (Å²) in [5.41, 5.74) is 6.70. The summed E-state index contributed by atoms with van der Waals surface area (Å²) < 4.78 is 24.1. The molecule has 1 saturated heterocycles. The lowest BCUT2D eigenvalue weighted by atomic mass is 9.97. The predicted octanol–water partition coefficient (Wildman–Crippen LogP) is 1.21. The number of nitrogens with two attached hydrogens (primary N) is 1. The molecule has 0 aliphatic carbocycles. The first kappa shape index (κ1) is 14.2. The summed E-state index contributed by atoms with van der Waals surface area (Å²) in [4.78, 5) is 2.30. The molecule has 106 valence electrons. The number of halogens is 1. The molecule has 2 rings (SSSR count). The van der Waals surface area contributed by atoms with Gasteiger partial charge in [0.2, 0.25) is 0 Å². The number of methoxy groups -OCH3 is 1. The van der Waals surface area contributed by atoms with Gasteiger partial charge in [0.15, 0.2) is 0 Å². The molecule has 5 heteroatoms. The fourth-order valence-electron chi connectivity index (χ4n) is 2.42. The molecule has 0 bridgehead atoms. The molecule has 0 amide bonds. The summed E-state index contributed by atoms with van der Waals surface area (Å²) in [6.45, 7) is 4.56. The highest BCUT2D eigenvalue weighted by Crippen LogP contribution is 2.28. The van der Waals surface area contributed by atoms with E-state index in [0.29, 0.717) is 12.3 Å². The largest absolute Gasteiger partial charge is 0.496 e. The summed E-state index contributed by atoms with van der Waals surface area (Å²) in [6, 6.07) is 4.59. The lowest BCUT2D eigenvalue weighted by molar-refractivity contribution is 0.0352. The second-order valence-electron chi connectivity index (χ2n) is 4.73. The minimum atomic E-state index is -0.253. The zero-order valence-corrected chi connectivity index (χ0v) is 11.3. The number of hydrogen-bond acceptors (Lipinski definition) is 4. The highest BCUT2D eigenvalue weighted by Gasteiger charge is 2.20. The summed E-state index contributed by atoms with van der Waals surface area (Å²) in [5, 5.41) is 0. The maximum atomic E-state index is 13.4. The quantitative estimate of drug-likeness (QED) is 0.872. The average Bonchev–Trinajstić information content (AvgIpc) is 2.46. The van der Waals surface area contributed by atoms with Crippen molar-refractivity contribution in [1.82, 2.24) is 4.90 Å². The molecule has 0 spiro atoms. The van der Waals surface area contributed by atoms with Crippen LogP contribution in [0, 0.1) is 5.82 Å². The van der Waals surface area contributed by atoms with E-state index in [9.17, 15) is 4.39 Å². The van der Waals surface area contributed by atoms with E-state index in [1.807, 2.05) is 0 Å². The van der Waals surface area contributed by atoms with Gasteiger partial charge in [0.1, 0.15) is 11.6 Å². The molecule has 0 saturated carbocycles. The zero-order chi connectivity index (χ0) is 13.7. The van der Waals surface area contributed by atoms with Crippen LogP contribution >= 0.6 is 0 Å². The summed E-state index contributed by atoms with van der Waals surface area (Å²) in [7, 11) is 1.60. The van der Waals surface area contributed by atoms with Gasteiger partial charge in [0.25, 0.3) is 0 Å². The van der Waals surface area contributed by atoms with Gasteiger partial charge in [-0.1, -0.05) is 0 Å². The van der Waals surface area contributed by atoms with Gasteiger partial charge in [-0.15, -0.1) is 0 Å². The second kappa shape index (κ2) is 6.84. The highest BCUT2D eigenvalue weighted by atomic mass is 19.1. The Bertz CT molecular complexity index is 408. The molecule has 1 atom stereocenters. The van der Waals surface area contributed by atoms with Gasteiger partial charge in [-0.25, -0.2) is 4.39 Å². The lowest BCUT2D eigenvalue weighted by Gasteiger charge is -2.30. The minimum absolute atomic E-state index is 0.0729. The monoisotopic (exact) mass is 268 g/mol. The number of nitrogens with zero attached hydrogens (tertiary/aromatic N) is 1. The van der Waals surface area contributed by atoms with Crippen molar-refractivity contribution < 1.29 is 13.9 Å². The van der Waals surface area contributed by atoms with Crippen LogP contribution in [-0.4, -0.2) is 51.4 Å². The number of hydrogen-bond donors (Lipinski definition) is 1. The molecule has 1 fully saturated rings. The molecule has 0 aromatic heterocycles. The van der Waals surface area contributed by atoms with Crippen molar-refractivity contribution in [3.63, 3.8) is 0 Å². The predicted molar refractivity (Wildman–Crippen MR) is 72.0 cm³/mol. The Morgan fingerprint density at radius 1 is 1.42 bits per heavy atom. The Balaban J connectivity index is 2.13. The summed E-state index contributed by atoms with van der Waals surface area (Å²) in [5.74, 6) is 0.519. The fourth-order valence-corrected chi connectivity index (χ4v) is 2.42. The van der Waals surface area contributed by atoms with Gasteiger partial charge in [-0.3, -0.25) is 4.90 Å². The Hall–Kier alpha value is -1.17. The topological polar surface area (TPSA) is 47.7 Å². The van der Waals surface area contributed by atoms with Crippen LogP contribution in [0.5, 0.6) is 5.75 Å². The van der Waals surface area contributed by atoms with Crippen LogP contribution in [-0.2, 0) is 4.74 Å². The van der Waals surface area contributed by atoms with Gasteiger partial charge >= 0.3 is 0 Å². The maximum absolute atomic E-state index is 13.4. The Morgan fingerprint density at radius 2 is 2.16 bits per heavy atom. The van der Waals surface area contributed by atoms with Gasteiger partial charge in [-0.05, 0) is 18.2 Å². The first-order valence-corrected chi connectivity index (χ1v) is 6.58. The maximum Gasteiger partial charge on any atom is 0.123 e.